The van der Waals surface area contributed by atoms with E-state index in [4.69, 9.17) is 0 Å². The normalized spacial score (nSPS) is 11.8. The molecule has 0 aliphatic heterocycles. The van der Waals surface area contributed by atoms with Crippen molar-refractivity contribution in [2.24, 2.45) is 0 Å². The molecule has 80 valence electrons. The van der Waals surface area contributed by atoms with Gasteiger partial charge in [0.1, 0.15) is 0 Å². The van der Waals surface area contributed by atoms with Crippen LogP contribution < -0.4 is 4.72 Å². The Morgan fingerprint density at radius 1 is 1.50 bits per heavy atom. The monoisotopic (exact) mass is 233 g/mol. The van der Waals surface area contributed by atoms with E-state index in [-0.39, 0.29) is 5.75 Å². The van der Waals surface area contributed by atoms with Crippen molar-refractivity contribution < 1.29 is 8.42 Å². The van der Waals surface area contributed by atoms with Crippen molar-refractivity contribution in [3.8, 4) is 0 Å². The van der Waals surface area contributed by atoms with Crippen molar-refractivity contribution in [1.29, 1.82) is 0 Å². The molecule has 0 saturated heterocycles. The summed E-state index contributed by atoms with van der Waals surface area (Å²) in [7, 11) is -3.06. The van der Waals surface area contributed by atoms with Crippen LogP contribution in [-0.2, 0) is 16.6 Å². The molecule has 0 saturated carbocycles. The molecule has 0 aromatic carbocycles. The van der Waals surface area contributed by atoms with Crippen LogP contribution >= 0.6 is 11.3 Å². The average molecular weight is 233 g/mol. The summed E-state index contributed by atoms with van der Waals surface area (Å²) >= 11 is 1.56. The lowest BCUT2D eigenvalue weighted by Gasteiger charge is -2.03. The molecule has 0 aliphatic carbocycles. The summed E-state index contributed by atoms with van der Waals surface area (Å²) in [6, 6.07) is 3.84. The number of unbranched alkanes of at least 4 members (excludes halogenated alkanes) is 1. The predicted molar refractivity (Wildman–Crippen MR) is 59.9 cm³/mol. The fraction of sp³-hybridized carbons (Fsp3) is 0.556. The van der Waals surface area contributed by atoms with Crippen molar-refractivity contribution in [1.82, 2.24) is 4.72 Å². The largest absolute Gasteiger partial charge is 0.212 e. The second-order valence-corrected chi connectivity index (χ2v) is 6.03. The van der Waals surface area contributed by atoms with Gasteiger partial charge in [-0.25, -0.2) is 13.1 Å². The van der Waals surface area contributed by atoms with Crippen molar-refractivity contribution in [3.05, 3.63) is 22.4 Å². The van der Waals surface area contributed by atoms with E-state index in [1.807, 2.05) is 24.4 Å². The second-order valence-electron chi connectivity index (χ2n) is 3.07. The first-order valence-corrected chi connectivity index (χ1v) is 7.17. The van der Waals surface area contributed by atoms with Crippen LogP contribution in [0.2, 0.25) is 0 Å². The molecule has 1 heterocycles. The van der Waals surface area contributed by atoms with Gasteiger partial charge in [0.15, 0.2) is 0 Å². The Balaban J connectivity index is 2.37. The van der Waals surface area contributed by atoms with Crippen LogP contribution in [0.5, 0.6) is 0 Å². The van der Waals surface area contributed by atoms with E-state index in [1.54, 1.807) is 11.3 Å². The van der Waals surface area contributed by atoms with Crippen LogP contribution in [0.1, 0.15) is 24.6 Å². The van der Waals surface area contributed by atoms with Gasteiger partial charge in [0.25, 0.3) is 0 Å². The molecular formula is C9H15NO2S2. The molecule has 0 atom stereocenters. The first-order chi connectivity index (χ1) is 6.64. The summed E-state index contributed by atoms with van der Waals surface area (Å²) in [6.45, 7) is 2.40. The van der Waals surface area contributed by atoms with Crippen LogP contribution in [0.3, 0.4) is 0 Å². The summed E-state index contributed by atoms with van der Waals surface area (Å²) in [5, 5.41) is 1.94. The molecule has 0 fully saturated rings. The van der Waals surface area contributed by atoms with Crippen LogP contribution in [0.4, 0.5) is 0 Å². The first-order valence-electron chi connectivity index (χ1n) is 4.64. The number of thiophene rings is 1. The van der Waals surface area contributed by atoms with Gasteiger partial charge in [-0.05, 0) is 17.9 Å². The van der Waals surface area contributed by atoms with Crippen molar-refractivity contribution in [2.75, 3.05) is 5.75 Å². The van der Waals surface area contributed by atoms with Crippen LogP contribution in [0, 0.1) is 0 Å². The van der Waals surface area contributed by atoms with Crippen LogP contribution in [0.25, 0.3) is 0 Å². The Labute approximate surface area is 89.2 Å². The highest BCUT2D eigenvalue weighted by Gasteiger charge is 2.08. The summed E-state index contributed by atoms with van der Waals surface area (Å²) in [6.07, 6.45) is 1.62. The third kappa shape index (κ3) is 4.21. The second kappa shape index (κ2) is 5.48. The fourth-order valence-electron chi connectivity index (χ4n) is 1.00. The lowest BCUT2D eigenvalue weighted by Crippen LogP contribution is -2.25. The molecule has 1 aromatic heterocycles. The van der Waals surface area contributed by atoms with Gasteiger partial charge in [0, 0.05) is 11.4 Å². The van der Waals surface area contributed by atoms with E-state index >= 15 is 0 Å². The molecule has 0 bridgehead atoms. The number of rotatable bonds is 6. The molecule has 1 rings (SSSR count). The summed E-state index contributed by atoms with van der Waals surface area (Å²) in [5.74, 6) is 0.231. The zero-order chi connectivity index (χ0) is 10.4. The molecule has 5 heteroatoms. The zero-order valence-corrected chi connectivity index (χ0v) is 9.83. The Morgan fingerprint density at radius 2 is 2.29 bits per heavy atom. The van der Waals surface area contributed by atoms with E-state index < -0.39 is 10.0 Å². The van der Waals surface area contributed by atoms with E-state index in [0.717, 1.165) is 17.7 Å². The lowest BCUT2D eigenvalue weighted by molar-refractivity contribution is 0.578. The predicted octanol–water partition coefficient (Wildman–Crippen LogP) is 1.97. The van der Waals surface area contributed by atoms with Gasteiger partial charge in [0.2, 0.25) is 10.0 Å². The highest BCUT2D eigenvalue weighted by atomic mass is 32.2. The molecule has 14 heavy (non-hydrogen) atoms. The van der Waals surface area contributed by atoms with E-state index in [0.29, 0.717) is 6.54 Å². The topological polar surface area (TPSA) is 46.2 Å². The van der Waals surface area contributed by atoms with Gasteiger partial charge in [0.05, 0.1) is 5.75 Å². The third-order valence-corrected chi connectivity index (χ3v) is 4.10. The highest BCUT2D eigenvalue weighted by molar-refractivity contribution is 7.89. The fourth-order valence-corrected chi connectivity index (χ4v) is 2.93. The van der Waals surface area contributed by atoms with E-state index in [1.165, 1.54) is 0 Å². The number of hydrogen-bond acceptors (Lipinski definition) is 3. The van der Waals surface area contributed by atoms with Crippen molar-refractivity contribution in [3.63, 3.8) is 0 Å². The van der Waals surface area contributed by atoms with Crippen LogP contribution in [0.15, 0.2) is 17.5 Å². The quantitative estimate of drug-likeness (QED) is 0.816. The molecular weight excluding hydrogens is 218 g/mol. The van der Waals surface area contributed by atoms with E-state index in [9.17, 15) is 8.42 Å². The maximum absolute atomic E-state index is 11.4. The zero-order valence-electron chi connectivity index (χ0n) is 8.19. The van der Waals surface area contributed by atoms with Crippen molar-refractivity contribution in [2.45, 2.75) is 26.3 Å². The molecule has 3 nitrogen and oxygen atoms in total. The molecule has 1 N–H and O–H groups in total. The molecule has 1 aromatic rings. The van der Waals surface area contributed by atoms with Gasteiger partial charge in [-0.1, -0.05) is 19.4 Å². The lowest BCUT2D eigenvalue weighted by atomic mass is 10.4. The minimum Gasteiger partial charge on any atom is -0.212 e. The SMILES string of the molecule is CCCCS(=O)(=O)NCc1cccs1. The maximum atomic E-state index is 11.4. The third-order valence-electron chi connectivity index (χ3n) is 1.81. The number of nitrogens with one attached hydrogen (secondary N) is 1. The van der Waals surface area contributed by atoms with Gasteiger partial charge in [-0.2, -0.15) is 0 Å². The minimum atomic E-state index is -3.06. The van der Waals surface area contributed by atoms with Gasteiger partial charge >= 0.3 is 0 Å². The summed E-state index contributed by atoms with van der Waals surface area (Å²) < 4.78 is 25.3. The Morgan fingerprint density at radius 3 is 2.86 bits per heavy atom. The Kier molecular flexibility index (Phi) is 4.57. The maximum Gasteiger partial charge on any atom is 0.211 e. The van der Waals surface area contributed by atoms with E-state index in [2.05, 4.69) is 4.72 Å². The molecule has 0 radical (unpaired) electrons. The Hall–Kier alpha value is -0.390. The van der Waals surface area contributed by atoms with Gasteiger partial charge < -0.3 is 0 Å². The minimum absolute atomic E-state index is 0.231. The summed E-state index contributed by atoms with van der Waals surface area (Å²) in [4.78, 5) is 1.05. The standard InChI is InChI=1S/C9H15NO2S2/c1-2-3-7-14(11,12)10-8-9-5-4-6-13-9/h4-6,10H,2-3,7-8H2,1H3. The molecule has 0 amide bonds. The molecule has 0 unspecified atom stereocenters. The number of hydrogen-bond donors (Lipinski definition) is 1. The van der Waals surface area contributed by atoms with Crippen molar-refractivity contribution >= 4 is 21.4 Å². The first kappa shape index (κ1) is 11.7. The average Bonchev–Trinajstić information content (AvgIpc) is 2.64. The van der Waals surface area contributed by atoms with Crippen LogP contribution in [-0.4, -0.2) is 14.2 Å². The molecule has 0 spiro atoms. The molecule has 0 aliphatic rings. The summed E-state index contributed by atoms with van der Waals surface area (Å²) in [5.41, 5.74) is 0. The Bertz CT molecular complexity index is 343. The van der Waals surface area contributed by atoms with Gasteiger partial charge in [-0.15, -0.1) is 11.3 Å². The smallest absolute Gasteiger partial charge is 0.211 e. The van der Waals surface area contributed by atoms with Gasteiger partial charge in [-0.3, -0.25) is 0 Å². The number of sulfonamides is 1. The highest BCUT2D eigenvalue weighted by Crippen LogP contribution is 2.08.